The highest BCUT2D eigenvalue weighted by molar-refractivity contribution is 5.90. The normalized spacial score (nSPS) is 11.4. The van der Waals surface area contributed by atoms with E-state index >= 15 is 0 Å². The van der Waals surface area contributed by atoms with Crippen molar-refractivity contribution in [2.24, 2.45) is 0 Å². The van der Waals surface area contributed by atoms with E-state index in [0.29, 0.717) is 6.42 Å². The van der Waals surface area contributed by atoms with E-state index < -0.39 is 23.3 Å². The van der Waals surface area contributed by atoms with Crippen LogP contribution in [0.25, 0.3) is 0 Å². The van der Waals surface area contributed by atoms with Crippen molar-refractivity contribution in [3.63, 3.8) is 0 Å². The molecule has 0 fully saturated rings. The van der Waals surface area contributed by atoms with Crippen LogP contribution in [0.3, 0.4) is 0 Å². The molecule has 0 radical (unpaired) electrons. The minimum atomic E-state index is -4.68. The number of aryl methyl sites for hydroxylation is 2. The van der Waals surface area contributed by atoms with E-state index in [1.807, 2.05) is 30.3 Å². The number of halogens is 3. The monoisotopic (exact) mass is 294 g/mol. The first-order chi connectivity index (χ1) is 9.89. The average Bonchev–Trinajstić information content (AvgIpc) is 2.44. The predicted octanol–water partition coefficient (Wildman–Crippen LogP) is 4.19. The molecule has 0 spiro atoms. The SMILES string of the molecule is O=C(O)c1cccc(CCc2ccccc2)c1C(F)(F)F. The molecule has 0 aliphatic carbocycles. The lowest BCUT2D eigenvalue weighted by molar-refractivity contribution is -0.138. The lowest BCUT2D eigenvalue weighted by Crippen LogP contribution is -2.16. The number of hydrogen-bond donors (Lipinski definition) is 1. The molecule has 0 saturated heterocycles. The highest BCUT2D eigenvalue weighted by atomic mass is 19.4. The standard InChI is InChI=1S/C16H13F3O2/c17-16(18,19)14-12(7-4-8-13(14)15(20)21)10-9-11-5-2-1-3-6-11/h1-8H,9-10H2,(H,20,21). The third kappa shape index (κ3) is 3.62. The summed E-state index contributed by atoms with van der Waals surface area (Å²) in [6.07, 6.45) is -4.12. The van der Waals surface area contributed by atoms with Crippen molar-refractivity contribution in [2.75, 3.05) is 0 Å². The summed E-state index contributed by atoms with van der Waals surface area (Å²) in [6.45, 7) is 0. The van der Waals surface area contributed by atoms with E-state index in [0.717, 1.165) is 11.6 Å². The van der Waals surface area contributed by atoms with Crippen molar-refractivity contribution >= 4 is 5.97 Å². The number of rotatable bonds is 4. The number of aromatic carboxylic acids is 1. The molecule has 21 heavy (non-hydrogen) atoms. The van der Waals surface area contributed by atoms with Crippen LogP contribution in [0.1, 0.15) is 27.0 Å². The van der Waals surface area contributed by atoms with Gasteiger partial charge in [-0.1, -0.05) is 42.5 Å². The summed E-state index contributed by atoms with van der Waals surface area (Å²) in [4.78, 5) is 11.0. The lowest BCUT2D eigenvalue weighted by atomic mass is 9.95. The minimum absolute atomic E-state index is 0.00579. The van der Waals surface area contributed by atoms with E-state index in [1.54, 1.807) is 0 Å². The van der Waals surface area contributed by atoms with Crippen molar-refractivity contribution in [1.82, 2.24) is 0 Å². The van der Waals surface area contributed by atoms with Crippen molar-refractivity contribution in [1.29, 1.82) is 0 Å². The fourth-order valence-electron chi connectivity index (χ4n) is 2.25. The van der Waals surface area contributed by atoms with Gasteiger partial charge in [0, 0.05) is 0 Å². The van der Waals surface area contributed by atoms with Gasteiger partial charge in [-0.3, -0.25) is 0 Å². The highest BCUT2D eigenvalue weighted by Crippen LogP contribution is 2.35. The maximum absolute atomic E-state index is 13.1. The minimum Gasteiger partial charge on any atom is -0.478 e. The second-order valence-electron chi connectivity index (χ2n) is 4.63. The highest BCUT2D eigenvalue weighted by Gasteiger charge is 2.37. The Labute approximate surface area is 119 Å². The van der Waals surface area contributed by atoms with Gasteiger partial charge in [0.2, 0.25) is 0 Å². The number of benzene rings is 2. The third-order valence-electron chi connectivity index (χ3n) is 3.19. The third-order valence-corrected chi connectivity index (χ3v) is 3.19. The van der Waals surface area contributed by atoms with Gasteiger partial charge in [0.05, 0.1) is 11.1 Å². The summed E-state index contributed by atoms with van der Waals surface area (Å²) in [5.41, 5.74) is -0.834. The lowest BCUT2D eigenvalue weighted by Gasteiger charge is -2.15. The second-order valence-corrected chi connectivity index (χ2v) is 4.63. The van der Waals surface area contributed by atoms with Gasteiger partial charge in [-0.15, -0.1) is 0 Å². The largest absolute Gasteiger partial charge is 0.478 e. The quantitative estimate of drug-likeness (QED) is 0.918. The van der Waals surface area contributed by atoms with Crippen LogP contribution in [-0.2, 0) is 19.0 Å². The van der Waals surface area contributed by atoms with Gasteiger partial charge >= 0.3 is 12.1 Å². The Morgan fingerprint density at radius 2 is 1.62 bits per heavy atom. The van der Waals surface area contributed by atoms with Crippen molar-refractivity contribution in [3.05, 3.63) is 70.8 Å². The Hall–Kier alpha value is -2.30. The first-order valence-corrected chi connectivity index (χ1v) is 6.36. The molecule has 0 aliphatic rings. The average molecular weight is 294 g/mol. The van der Waals surface area contributed by atoms with E-state index in [1.165, 1.54) is 12.1 Å². The van der Waals surface area contributed by atoms with Crippen LogP contribution in [0, 0.1) is 0 Å². The number of carboxylic acid groups (broad SMARTS) is 1. The van der Waals surface area contributed by atoms with Crippen molar-refractivity contribution in [2.45, 2.75) is 19.0 Å². The molecule has 0 aliphatic heterocycles. The Morgan fingerprint density at radius 1 is 0.952 bits per heavy atom. The van der Waals surface area contributed by atoms with Crippen LogP contribution < -0.4 is 0 Å². The first kappa shape index (κ1) is 15.1. The molecular weight excluding hydrogens is 281 g/mol. The van der Waals surface area contributed by atoms with E-state index in [2.05, 4.69) is 0 Å². The number of alkyl halides is 3. The zero-order valence-corrected chi connectivity index (χ0v) is 11.0. The van der Waals surface area contributed by atoms with Gasteiger partial charge in [-0.05, 0) is 30.0 Å². The Kier molecular flexibility index (Phi) is 4.31. The van der Waals surface area contributed by atoms with Gasteiger partial charge in [0.15, 0.2) is 0 Å². The summed E-state index contributed by atoms with van der Waals surface area (Å²) < 4.78 is 39.4. The molecule has 2 aromatic rings. The van der Waals surface area contributed by atoms with E-state index in [4.69, 9.17) is 5.11 Å². The Bertz CT molecular complexity index is 634. The Balaban J connectivity index is 2.35. The van der Waals surface area contributed by atoms with Gasteiger partial charge in [-0.25, -0.2) is 4.79 Å². The molecule has 2 rings (SSSR count). The molecule has 0 bridgehead atoms. The molecule has 1 N–H and O–H groups in total. The molecule has 2 aromatic carbocycles. The Morgan fingerprint density at radius 3 is 2.19 bits per heavy atom. The zero-order valence-electron chi connectivity index (χ0n) is 11.0. The van der Waals surface area contributed by atoms with E-state index in [-0.39, 0.29) is 12.0 Å². The van der Waals surface area contributed by atoms with Crippen LogP contribution >= 0.6 is 0 Å². The van der Waals surface area contributed by atoms with Crippen LogP contribution in [-0.4, -0.2) is 11.1 Å². The zero-order chi connectivity index (χ0) is 15.5. The maximum atomic E-state index is 13.1. The summed E-state index contributed by atoms with van der Waals surface area (Å²) in [7, 11) is 0. The molecule has 2 nitrogen and oxygen atoms in total. The molecule has 0 saturated carbocycles. The molecule has 0 unspecified atom stereocenters. The summed E-state index contributed by atoms with van der Waals surface area (Å²) in [5.74, 6) is -1.57. The number of carbonyl (C=O) groups is 1. The molecule has 0 heterocycles. The summed E-state index contributed by atoms with van der Waals surface area (Å²) >= 11 is 0. The molecule has 110 valence electrons. The van der Waals surface area contributed by atoms with Crippen LogP contribution in [0.15, 0.2) is 48.5 Å². The molecular formula is C16H13F3O2. The van der Waals surface area contributed by atoms with Gasteiger partial charge in [0.25, 0.3) is 0 Å². The molecule has 0 aromatic heterocycles. The molecule has 5 heteroatoms. The van der Waals surface area contributed by atoms with E-state index in [9.17, 15) is 18.0 Å². The van der Waals surface area contributed by atoms with Gasteiger partial charge < -0.3 is 5.11 Å². The summed E-state index contributed by atoms with van der Waals surface area (Å²) in [5, 5.41) is 8.94. The molecule has 0 atom stereocenters. The van der Waals surface area contributed by atoms with Crippen LogP contribution in [0.5, 0.6) is 0 Å². The number of hydrogen-bond acceptors (Lipinski definition) is 1. The topological polar surface area (TPSA) is 37.3 Å². The number of carboxylic acids is 1. The maximum Gasteiger partial charge on any atom is 0.417 e. The molecule has 0 amide bonds. The van der Waals surface area contributed by atoms with Crippen molar-refractivity contribution < 1.29 is 23.1 Å². The first-order valence-electron chi connectivity index (χ1n) is 6.36. The van der Waals surface area contributed by atoms with Gasteiger partial charge in [-0.2, -0.15) is 13.2 Å². The van der Waals surface area contributed by atoms with Crippen molar-refractivity contribution in [3.8, 4) is 0 Å². The smallest absolute Gasteiger partial charge is 0.417 e. The fourth-order valence-corrected chi connectivity index (χ4v) is 2.25. The van der Waals surface area contributed by atoms with Gasteiger partial charge in [0.1, 0.15) is 0 Å². The summed E-state index contributed by atoms with van der Waals surface area (Å²) in [6, 6.07) is 12.8. The fraction of sp³-hybridized carbons (Fsp3) is 0.188. The van der Waals surface area contributed by atoms with Crippen LogP contribution in [0.4, 0.5) is 13.2 Å². The van der Waals surface area contributed by atoms with Crippen LogP contribution in [0.2, 0.25) is 0 Å². The predicted molar refractivity (Wildman–Crippen MR) is 72.3 cm³/mol. The second kappa shape index (κ2) is 5.99.